The fourth-order valence-electron chi connectivity index (χ4n) is 2.83. The van der Waals surface area contributed by atoms with Crippen molar-refractivity contribution in [2.24, 2.45) is 0 Å². The van der Waals surface area contributed by atoms with Gasteiger partial charge in [0.2, 0.25) is 5.91 Å². The molecule has 4 aromatic rings. The summed E-state index contributed by atoms with van der Waals surface area (Å²) in [7, 11) is 0. The van der Waals surface area contributed by atoms with Crippen LogP contribution in [0.2, 0.25) is 5.02 Å². The largest absolute Gasteiger partial charge is 0.298 e. The van der Waals surface area contributed by atoms with E-state index in [1.54, 1.807) is 47.9 Å². The Morgan fingerprint density at radius 2 is 1.79 bits per heavy atom. The molecule has 2 aromatic heterocycles. The van der Waals surface area contributed by atoms with Gasteiger partial charge in [0, 0.05) is 11.5 Å². The summed E-state index contributed by atoms with van der Waals surface area (Å²) in [6, 6.07) is 12.6. The van der Waals surface area contributed by atoms with E-state index >= 15 is 0 Å². The third-order valence-corrected chi connectivity index (χ3v) is 6.58. The third-order valence-electron chi connectivity index (χ3n) is 4.40. The van der Waals surface area contributed by atoms with Crippen LogP contribution in [0, 0.1) is 12.7 Å². The Morgan fingerprint density at radius 3 is 2.55 bits per heavy atom. The van der Waals surface area contributed by atoms with Crippen LogP contribution in [-0.4, -0.2) is 21.8 Å². The van der Waals surface area contributed by atoms with E-state index in [2.05, 4.69) is 20.6 Å². The lowest BCUT2D eigenvalue weighted by Gasteiger charge is -2.03. The molecule has 0 fully saturated rings. The van der Waals surface area contributed by atoms with Gasteiger partial charge in [0.1, 0.15) is 5.82 Å². The molecule has 0 atom stereocenters. The van der Waals surface area contributed by atoms with Crippen molar-refractivity contribution in [2.75, 3.05) is 10.6 Å². The topological polar surface area (TPSA) is 84.0 Å². The van der Waals surface area contributed by atoms with Crippen LogP contribution in [0.1, 0.15) is 21.6 Å². The van der Waals surface area contributed by atoms with Gasteiger partial charge in [0.15, 0.2) is 10.3 Å². The summed E-state index contributed by atoms with van der Waals surface area (Å²) in [6.07, 6.45) is 2.94. The molecule has 6 nitrogen and oxygen atoms in total. The van der Waals surface area contributed by atoms with Crippen molar-refractivity contribution < 1.29 is 14.0 Å². The second-order valence-electron chi connectivity index (χ2n) is 6.78. The molecule has 10 heteroatoms. The average molecular weight is 499 g/mol. The Kier molecular flexibility index (Phi) is 6.93. The molecule has 2 amide bonds. The summed E-state index contributed by atoms with van der Waals surface area (Å²) in [5.74, 6) is -1.04. The molecule has 0 aliphatic heterocycles. The van der Waals surface area contributed by atoms with Gasteiger partial charge < -0.3 is 0 Å². The highest BCUT2D eigenvalue weighted by molar-refractivity contribution is 7.20. The van der Waals surface area contributed by atoms with E-state index in [4.69, 9.17) is 11.6 Å². The standard InChI is InChI=1S/C23H16ClFN4O2S2/c1-13-20(33-23(26-13)29-21(31)16-4-2-3-5-17(16)24)18-12-32-22(27-18)28-19(30)11-8-14-6-9-15(25)10-7-14/h2-12H,1H3,(H,26,29,31)(H,27,28,30)/b11-8+. The molecule has 4 rings (SSSR count). The van der Waals surface area contributed by atoms with E-state index in [0.717, 1.165) is 4.88 Å². The Labute approximate surface area is 201 Å². The number of amides is 2. The van der Waals surface area contributed by atoms with Crippen LogP contribution in [0.3, 0.4) is 0 Å². The van der Waals surface area contributed by atoms with Gasteiger partial charge >= 0.3 is 0 Å². The summed E-state index contributed by atoms with van der Waals surface area (Å²) in [5, 5.41) is 8.48. The summed E-state index contributed by atoms with van der Waals surface area (Å²) in [6.45, 7) is 1.82. The monoisotopic (exact) mass is 498 g/mol. The number of anilines is 2. The first-order valence-corrected chi connectivity index (χ1v) is 11.7. The summed E-state index contributed by atoms with van der Waals surface area (Å²) in [5.41, 5.74) is 2.42. The number of hydrogen-bond acceptors (Lipinski definition) is 6. The minimum atomic E-state index is -0.353. The fourth-order valence-corrected chi connectivity index (χ4v) is 4.75. The maximum atomic E-state index is 13.0. The van der Waals surface area contributed by atoms with Crippen LogP contribution in [0.5, 0.6) is 0 Å². The van der Waals surface area contributed by atoms with Crippen molar-refractivity contribution in [3.8, 4) is 10.6 Å². The zero-order chi connectivity index (χ0) is 23.4. The predicted molar refractivity (Wildman–Crippen MR) is 131 cm³/mol. The van der Waals surface area contributed by atoms with Crippen LogP contribution in [0.25, 0.3) is 16.6 Å². The normalized spacial score (nSPS) is 11.0. The minimum absolute atomic E-state index is 0.336. The highest BCUT2D eigenvalue weighted by atomic mass is 35.5. The SMILES string of the molecule is Cc1nc(NC(=O)c2ccccc2Cl)sc1-c1csc(NC(=O)/C=C/c2ccc(F)cc2)n1. The zero-order valence-corrected chi connectivity index (χ0v) is 19.5. The molecule has 0 aliphatic rings. The van der Waals surface area contributed by atoms with E-state index in [9.17, 15) is 14.0 Å². The highest BCUT2D eigenvalue weighted by Crippen LogP contribution is 2.34. The predicted octanol–water partition coefficient (Wildman–Crippen LogP) is 6.27. The molecule has 0 unspecified atom stereocenters. The maximum absolute atomic E-state index is 13.0. The summed E-state index contributed by atoms with van der Waals surface area (Å²) in [4.78, 5) is 34.3. The molecule has 0 aliphatic carbocycles. The number of rotatable bonds is 6. The molecule has 33 heavy (non-hydrogen) atoms. The number of aromatic nitrogens is 2. The molecule has 0 saturated heterocycles. The molecular weight excluding hydrogens is 483 g/mol. The number of thiazole rings is 2. The van der Waals surface area contributed by atoms with E-state index in [-0.39, 0.29) is 17.6 Å². The first-order valence-electron chi connectivity index (χ1n) is 9.63. The van der Waals surface area contributed by atoms with Crippen molar-refractivity contribution in [3.05, 3.63) is 87.6 Å². The number of carbonyl (C=O) groups excluding carboxylic acids is 2. The lowest BCUT2D eigenvalue weighted by atomic mass is 10.2. The Morgan fingerprint density at radius 1 is 1.03 bits per heavy atom. The van der Waals surface area contributed by atoms with Crippen LogP contribution in [0.15, 0.2) is 60.0 Å². The lowest BCUT2D eigenvalue weighted by Crippen LogP contribution is -2.12. The molecule has 0 radical (unpaired) electrons. The maximum Gasteiger partial charge on any atom is 0.258 e. The smallest absolute Gasteiger partial charge is 0.258 e. The Balaban J connectivity index is 1.42. The van der Waals surface area contributed by atoms with Gasteiger partial charge in [0.05, 0.1) is 26.9 Å². The van der Waals surface area contributed by atoms with Crippen LogP contribution in [-0.2, 0) is 4.79 Å². The number of hydrogen-bond donors (Lipinski definition) is 2. The Hall–Kier alpha value is -3.40. The molecule has 2 aromatic carbocycles. The lowest BCUT2D eigenvalue weighted by molar-refractivity contribution is -0.111. The van der Waals surface area contributed by atoms with Crippen molar-refractivity contribution in [2.45, 2.75) is 6.92 Å². The molecule has 0 bridgehead atoms. The molecular formula is C23H16ClFN4O2S2. The number of benzene rings is 2. The van der Waals surface area contributed by atoms with Gasteiger partial charge in [-0.2, -0.15) is 0 Å². The van der Waals surface area contributed by atoms with Gasteiger partial charge in [-0.15, -0.1) is 11.3 Å². The van der Waals surface area contributed by atoms with Gasteiger partial charge in [0.25, 0.3) is 5.91 Å². The van der Waals surface area contributed by atoms with Crippen LogP contribution >= 0.6 is 34.3 Å². The van der Waals surface area contributed by atoms with Crippen molar-refractivity contribution >= 4 is 62.4 Å². The third kappa shape index (κ3) is 5.70. The van der Waals surface area contributed by atoms with Gasteiger partial charge in [-0.05, 0) is 42.8 Å². The molecule has 2 N–H and O–H groups in total. The van der Waals surface area contributed by atoms with E-state index < -0.39 is 0 Å². The second kappa shape index (κ2) is 10.0. The van der Waals surface area contributed by atoms with Gasteiger partial charge in [-0.1, -0.05) is 47.2 Å². The van der Waals surface area contributed by atoms with Gasteiger partial charge in [-0.25, -0.2) is 14.4 Å². The molecule has 2 heterocycles. The number of nitrogens with zero attached hydrogens (tertiary/aromatic N) is 2. The fraction of sp³-hybridized carbons (Fsp3) is 0.0435. The minimum Gasteiger partial charge on any atom is -0.298 e. The van der Waals surface area contributed by atoms with Crippen molar-refractivity contribution in [1.82, 2.24) is 9.97 Å². The van der Waals surface area contributed by atoms with E-state index in [1.807, 2.05) is 6.92 Å². The second-order valence-corrected chi connectivity index (χ2v) is 9.04. The summed E-state index contributed by atoms with van der Waals surface area (Å²) >= 11 is 8.64. The van der Waals surface area contributed by atoms with E-state index in [0.29, 0.717) is 37.8 Å². The van der Waals surface area contributed by atoms with Gasteiger partial charge in [-0.3, -0.25) is 20.2 Å². The Bertz CT molecular complexity index is 1350. The number of halogens is 2. The van der Waals surface area contributed by atoms with Crippen molar-refractivity contribution in [1.29, 1.82) is 0 Å². The zero-order valence-electron chi connectivity index (χ0n) is 17.1. The summed E-state index contributed by atoms with van der Waals surface area (Å²) < 4.78 is 13.0. The molecule has 166 valence electrons. The highest BCUT2D eigenvalue weighted by Gasteiger charge is 2.17. The van der Waals surface area contributed by atoms with E-state index in [1.165, 1.54) is 40.9 Å². The number of carbonyl (C=O) groups is 2. The number of aryl methyl sites for hydroxylation is 1. The van der Waals surface area contributed by atoms with Crippen molar-refractivity contribution in [3.63, 3.8) is 0 Å². The first kappa shape index (κ1) is 22.8. The average Bonchev–Trinajstić information content (AvgIpc) is 3.39. The van der Waals surface area contributed by atoms with Crippen LogP contribution < -0.4 is 10.6 Å². The van der Waals surface area contributed by atoms with Crippen LogP contribution in [0.4, 0.5) is 14.7 Å². The first-order chi connectivity index (χ1) is 15.9. The number of nitrogens with one attached hydrogen (secondary N) is 2. The quantitative estimate of drug-likeness (QED) is 0.307. The molecule has 0 saturated carbocycles. The molecule has 0 spiro atoms.